The number of hydrogen-bond donors (Lipinski definition) is 0. The van der Waals surface area contributed by atoms with Gasteiger partial charge in [-0.15, -0.1) is 6.58 Å². The molecule has 3 rings (SSSR count). The van der Waals surface area contributed by atoms with Crippen LogP contribution < -0.4 is 4.74 Å². The standard InChI is InChI=1S/C26H27NO2/c1-5-11-21(7-3)22-14-15-23(24-17-26(28)27(24)19(4)6-2)25(16-22)29-18-20-12-9-8-10-13-20/h5-16,19,24H,1-3,17-18H2,4H3/b21-11+. The lowest BCUT2D eigenvalue weighted by atomic mass is 9.89. The predicted octanol–water partition coefficient (Wildman–Crippen LogP) is 5.87. The maximum Gasteiger partial charge on any atom is 0.226 e. The Morgan fingerprint density at radius 3 is 2.59 bits per heavy atom. The van der Waals surface area contributed by atoms with Crippen LogP contribution in [0.25, 0.3) is 5.57 Å². The van der Waals surface area contributed by atoms with E-state index in [2.05, 4.69) is 25.8 Å². The molecule has 0 saturated carbocycles. The first-order chi connectivity index (χ1) is 14.1. The Morgan fingerprint density at radius 2 is 1.97 bits per heavy atom. The molecule has 0 aliphatic carbocycles. The van der Waals surface area contributed by atoms with Crippen LogP contribution in [0.2, 0.25) is 0 Å². The number of likely N-dealkylation sites (tertiary alicyclic amines) is 1. The number of amides is 1. The van der Waals surface area contributed by atoms with Gasteiger partial charge in [0.2, 0.25) is 5.91 Å². The molecule has 1 aliphatic heterocycles. The van der Waals surface area contributed by atoms with Crippen molar-refractivity contribution in [3.8, 4) is 5.75 Å². The lowest BCUT2D eigenvalue weighted by Gasteiger charge is -2.44. The van der Waals surface area contributed by atoms with Crippen LogP contribution in [0.1, 0.15) is 36.1 Å². The van der Waals surface area contributed by atoms with Crippen molar-refractivity contribution in [2.24, 2.45) is 0 Å². The van der Waals surface area contributed by atoms with E-state index >= 15 is 0 Å². The smallest absolute Gasteiger partial charge is 0.226 e. The Bertz CT molecular complexity index is 942. The normalized spacial score (nSPS) is 17.3. The number of ether oxygens (including phenoxy) is 1. The van der Waals surface area contributed by atoms with Crippen molar-refractivity contribution < 1.29 is 9.53 Å². The van der Waals surface area contributed by atoms with Crippen LogP contribution in [0.3, 0.4) is 0 Å². The maximum atomic E-state index is 12.2. The fourth-order valence-electron chi connectivity index (χ4n) is 3.57. The minimum Gasteiger partial charge on any atom is -0.489 e. The summed E-state index contributed by atoms with van der Waals surface area (Å²) < 4.78 is 6.24. The average Bonchev–Trinajstić information content (AvgIpc) is 2.74. The van der Waals surface area contributed by atoms with E-state index in [0.717, 1.165) is 28.0 Å². The van der Waals surface area contributed by atoms with Gasteiger partial charge in [0.1, 0.15) is 12.4 Å². The van der Waals surface area contributed by atoms with Gasteiger partial charge in [0.15, 0.2) is 0 Å². The van der Waals surface area contributed by atoms with Crippen LogP contribution >= 0.6 is 0 Å². The van der Waals surface area contributed by atoms with Crippen molar-refractivity contribution in [2.45, 2.75) is 32.0 Å². The van der Waals surface area contributed by atoms with Crippen molar-refractivity contribution in [3.63, 3.8) is 0 Å². The van der Waals surface area contributed by atoms with Crippen molar-refractivity contribution in [3.05, 3.63) is 109 Å². The van der Waals surface area contributed by atoms with Crippen LogP contribution in [0.4, 0.5) is 0 Å². The summed E-state index contributed by atoms with van der Waals surface area (Å²) in [6.45, 7) is 14.0. The topological polar surface area (TPSA) is 29.5 Å². The highest BCUT2D eigenvalue weighted by Crippen LogP contribution is 2.42. The summed E-state index contributed by atoms with van der Waals surface area (Å²) in [6, 6.07) is 16.1. The molecule has 2 aromatic carbocycles. The highest BCUT2D eigenvalue weighted by atomic mass is 16.5. The second-order valence-corrected chi connectivity index (χ2v) is 7.09. The van der Waals surface area contributed by atoms with Gasteiger partial charge in [-0.05, 0) is 29.7 Å². The molecule has 0 radical (unpaired) electrons. The van der Waals surface area contributed by atoms with Gasteiger partial charge in [-0.3, -0.25) is 4.79 Å². The molecular formula is C26H27NO2. The number of β-lactam (4-membered cyclic amide) rings is 1. The minimum absolute atomic E-state index is 0.00844. The van der Waals surface area contributed by atoms with Crippen LogP contribution in [-0.2, 0) is 11.4 Å². The first kappa shape index (κ1) is 20.4. The Kier molecular flexibility index (Phi) is 6.50. The molecule has 29 heavy (non-hydrogen) atoms. The summed E-state index contributed by atoms with van der Waals surface area (Å²) in [4.78, 5) is 14.1. The van der Waals surface area contributed by atoms with Gasteiger partial charge < -0.3 is 9.64 Å². The molecule has 1 amide bonds. The lowest BCUT2D eigenvalue weighted by Crippen LogP contribution is -2.50. The molecule has 3 nitrogen and oxygen atoms in total. The molecule has 0 bridgehead atoms. The molecule has 0 N–H and O–H groups in total. The van der Waals surface area contributed by atoms with Gasteiger partial charge in [0, 0.05) is 11.6 Å². The predicted molar refractivity (Wildman–Crippen MR) is 119 cm³/mol. The molecule has 2 aromatic rings. The third-order valence-corrected chi connectivity index (χ3v) is 5.23. The number of hydrogen-bond acceptors (Lipinski definition) is 2. The average molecular weight is 386 g/mol. The summed E-state index contributed by atoms with van der Waals surface area (Å²) in [7, 11) is 0. The molecule has 1 saturated heterocycles. The summed E-state index contributed by atoms with van der Waals surface area (Å²) in [5.74, 6) is 0.917. The van der Waals surface area contributed by atoms with E-state index in [1.807, 2.05) is 60.4 Å². The van der Waals surface area contributed by atoms with Crippen molar-refractivity contribution in [1.82, 2.24) is 4.90 Å². The Labute approximate surface area is 173 Å². The number of rotatable bonds is 9. The fourth-order valence-corrected chi connectivity index (χ4v) is 3.57. The second kappa shape index (κ2) is 9.24. The molecular weight excluding hydrogens is 358 g/mol. The first-order valence-electron chi connectivity index (χ1n) is 9.79. The molecule has 1 fully saturated rings. The maximum absolute atomic E-state index is 12.2. The summed E-state index contributed by atoms with van der Waals surface area (Å²) in [6.07, 6.45) is 7.74. The molecule has 1 heterocycles. The Balaban J connectivity index is 1.97. The monoisotopic (exact) mass is 385 g/mol. The van der Waals surface area contributed by atoms with E-state index in [1.54, 1.807) is 18.2 Å². The van der Waals surface area contributed by atoms with Crippen LogP contribution in [0, 0.1) is 0 Å². The molecule has 2 atom stereocenters. The minimum atomic E-state index is -0.0210. The lowest BCUT2D eigenvalue weighted by molar-refractivity contribution is -0.148. The molecule has 1 aliphatic rings. The molecule has 0 aromatic heterocycles. The first-order valence-corrected chi connectivity index (χ1v) is 9.79. The SMILES string of the molecule is C=C/C=C(\C=C)c1ccc(C2CC(=O)N2C(C)C=C)c(OCc2ccccc2)c1. The van der Waals surface area contributed by atoms with Gasteiger partial charge in [0.05, 0.1) is 12.5 Å². The van der Waals surface area contributed by atoms with E-state index in [4.69, 9.17) is 4.74 Å². The summed E-state index contributed by atoms with van der Waals surface area (Å²) in [5, 5.41) is 0. The number of carbonyl (C=O) groups excluding carboxylic acids is 1. The van der Waals surface area contributed by atoms with E-state index in [1.165, 1.54) is 0 Å². The third-order valence-electron chi connectivity index (χ3n) is 5.23. The van der Waals surface area contributed by atoms with Gasteiger partial charge in [-0.1, -0.05) is 79.9 Å². The number of benzene rings is 2. The van der Waals surface area contributed by atoms with Gasteiger partial charge >= 0.3 is 0 Å². The van der Waals surface area contributed by atoms with Crippen LogP contribution in [0.15, 0.2) is 92.6 Å². The second-order valence-electron chi connectivity index (χ2n) is 7.09. The van der Waals surface area contributed by atoms with E-state index in [0.29, 0.717) is 13.0 Å². The quantitative estimate of drug-likeness (QED) is 0.307. The molecule has 2 unspecified atom stereocenters. The zero-order valence-corrected chi connectivity index (χ0v) is 16.9. The highest BCUT2D eigenvalue weighted by molar-refractivity contribution is 5.85. The van der Waals surface area contributed by atoms with Crippen molar-refractivity contribution >= 4 is 11.5 Å². The number of carbonyl (C=O) groups is 1. The Morgan fingerprint density at radius 1 is 1.21 bits per heavy atom. The largest absolute Gasteiger partial charge is 0.489 e. The third kappa shape index (κ3) is 4.40. The van der Waals surface area contributed by atoms with Crippen LogP contribution in [0.5, 0.6) is 5.75 Å². The molecule has 148 valence electrons. The van der Waals surface area contributed by atoms with E-state index < -0.39 is 0 Å². The van der Waals surface area contributed by atoms with Gasteiger partial charge in [-0.2, -0.15) is 0 Å². The van der Waals surface area contributed by atoms with E-state index in [9.17, 15) is 4.79 Å². The number of nitrogens with zero attached hydrogens (tertiary/aromatic N) is 1. The van der Waals surface area contributed by atoms with Gasteiger partial charge in [-0.25, -0.2) is 0 Å². The highest BCUT2D eigenvalue weighted by Gasteiger charge is 2.40. The zero-order valence-electron chi connectivity index (χ0n) is 16.9. The van der Waals surface area contributed by atoms with Crippen LogP contribution in [-0.4, -0.2) is 16.8 Å². The molecule has 0 spiro atoms. The van der Waals surface area contributed by atoms with E-state index in [-0.39, 0.29) is 18.0 Å². The summed E-state index contributed by atoms with van der Waals surface area (Å²) in [5.41, 5.74) is 4.08. The zero-order chi connectivity index (χ0) is 20.8. The fraction of sp³-hybridized carbons (Fsp3) is 0.192. The van der Waals surface area contributed by atoms with Crippen molar-refractivity contribution in [2.75, 3.05) is 0 Å². The van der Waals surface area contributed by atoms with Gasteiger partial charge in [0.25, 0.3) is 0 Å². The molecule has 3 heteroatoms. The number of allylic oxidation sites excluding steroid dienone is 4. The Hall–Kier alpha value is -3.33. The van der Waals surface area contributed by atoms with Crippen molar-refractivity contribution in [1.29, 1.82) is 0 Å². The summed E-state index contributed by atoms with van der Waals surface area (Å²) >= 11 is 0.